The zero-order valence-electron chi connectivity index (χ0n) is 10.2. The quantitative estimate of drug-likeness (QED) is 0.575. The number of carbonyl (C=O) groups is 1. The number of nitrogens with zero attached hydrogens (tertiary/aromatic N) is 1. The van der Waals surface area contributed by atoms with Gasteiger partial charge in [0.05, 0.1) is 5.56 Å². The fraction of sp³-hybridized carbons (Fsp3) is 0.500. The van der Waals surface area contributed by atoms with E-state index in [1.165, 1.54) is 12.8 Å². The van der Waals surface area contributed by atoms with Crippen molar-refractivity contribution in [3.63, 3.8) is 0 Å². The van der Waals surface area contributed by atoms with Crippen molar-refractivity contribution >= 4 is 40.1 Å². The summed E-state index contributed by atoms with van der Waals surface area (Å²) in [5, 5.41) is 0. The van der Waals surface area contributed by atoms with E-state index in [4.69, 9.17) is 11.6 Å². The first-order chi connectivity index (χ1) is 8.74. The van der Waals surface area contributed by atoms with Gasteiger partial charge in [-0.05, 0) is 47.6 Å². The lowest BCUT2D eigenvalue weighted by Crippen LogP contribution is -2.40. The Morgan fingerprint density at radius 1 is 1.33 bits per heavy atom. The van der Waals surface area contributed by atoms with Crippen LogP contribution in [0.1, 0.15) is 36.0 Å². The highest BCUT2D eigenvalue weighted by atomic mass is 127. The molecule has 2 nitrogen and oxygen atoms in total. The van der Waals surface area contributed by atoms with Gasteiger partial charge in [-0.1, -0.05) is 25.0 Å². The van der Waals surface area contributed by atoms with E-state index in [1.807, 2.05) is 29.2 Å². The number of alkyl halides is 1. The van der Waals surface area contributed by atoms with Gasteiger partial charge in [0.25, 0.3) is 5.91 Å². The molecule has 1 fully saturated rings. The van der Waals surface area contributed by atoms with E-state index in [9.17, 15) is 4.79 Å². The van der Waals surface area contributed by atoms with Crippen molar-refractivity contribution in [3.05, 3.63) is 33.4 Å². The Kier molecular flexibility index (Phi) is 5.30. The molecule has 1 aromatic rings. The van der Waals surface area contributed by atoms with E-state index in [0.29, 0.717) is 18.5 Å². The molecule has 18 heavy (non-hydrogen) atoms. The van der Waals surface area contributed by atoms with E-state index < -0.39 is 0 Å². The minimum atomic E-state index is 0.132. The SMILES string of the molecule is O=C(c1ccccc1I)N(CCCl)C1CCCC1. The number of hydrogen-bond donors (Lipinski definition) is 0. The third kappa shape index (κ3) is 3.18. The van der Waals surface area contributed by atoms with Crippen LogP contribution in [0.4, 0.5) is 0 Å². The summed E-state index contributed by atoms with van der Waals surface area (Å²) < 4.78 is 1.01. The van der Waals surface area contributed by atoms with Gasteiger partial charge >= 0.3 is 0 Å². The molecule has 0 saturated heterocycles. The second-order valence-corrected chi connectivity index (χ2v) is 6.15. The van der Waals surface area contributed by atoms with Crippen LogP contribution in [0.2, 0.25) is 0 Å². The average molecular weight is 378 g/mol. The molecule has 1 saturated carbocycles. The smallest absolute Gasteiger partial charge is 0.255 e. The lowest BCUT2D eigenvalue weighted by atomic mass is 10.1. The molecule has 0 aromatic heterocycles. The Morgan fingerprint density at radius 3 is 2.61 bits per heavy atom. The molecule has 0 atom stereocenters. The molecule has 0 aliphatic heterocycles. The van der Waals surface area contributed by atoms with Gasteiger partial charge in [0.1, 0.15) is 0 Å². The summed E-state index contributed by atoms with van der Waals surface area (Å²) in [4.78, 5) is 14.6. The zero-order valence-corrected chi connectivity index (χ0v) is 13.2. The Hall–Kier alpha value is -0.290. The molecular formula is C14H17ClINO. The highest BCUT2D eigenvalue weighted by Gasteiger charge is 2.27. The predicted octanol–water partition coefficient (Wildman–Crippen LogP) is 3.91. The first-order valence-corrected chi connectivity index (χ1v) is 7.97. The van der Waals surface area contributed by atoms with E-state index in [-0.39, 0.29) is 5.91 Å². The molecule has 0 radical (unpaired) electrons. The molecule has 98 valence electrons. The number of halogens is 2. The summed E-state index contributed by atoms with van der Waals surface area (Å²) in [5.41, 5.74) is 0.801. The fourth-order valence-corrected chi connectivity index (χ4v) is 3.35. The normalized spacial score (nSPS) is 15.9. The van der Waals surface area contributed by atoms with Gasteiger partial charge in [0.2, 0.25) is 0 Å². The summed E-state index contributed by atoms with van der Waals surface area (Å²) >= 11 is 8.07. The van der Waals surface area contributed by atoms with Crippen LogP contribution in [0, 0.1) is 3.57 Å². The molecule has 1 aliphatic carbocycles. The van der Waals surface area contributed by atoms with Crippen molar-refractivity contribution in [3.8, 4) is 0 Å². The third-order valence-electron chi connectivity index (χ3n) is 3.46. The van der Waals surface area contributed by atoms with Crippen molar-refractivity contribution in [2.75, 3.05) is 12.4 Å². The van der Waals surface area contributed by atoms with Crippen molar-refractivity contribution < 1.29 is 4.79 Å². The van der Waals surface area contributed by atoms with E-state index >= 15 is 0 Å². The summed E-state index contributed by atoms with van der Waals surface area (Å²) in [6, 6.07) is 8.14. The minimum absolute atomic E-state index is 0.132. The fourth-order valence-electron chi connectivity index (χ4n) is 2.55. The second kappa shape index (κ2) is 6.75. The van der Waals surface area contributed by atoms with Crippen LogP contribution in [0.3, 0.4) is 0 Å². The molecular weight excluding hydrogens is 361 g/mol. The van der Waals surface area contributed by atoms with Crippen LogP contribution < -0.4 is 0 Å². The van der Waals surface area contributed by atoms with Gasteiger partial charge in [-0.25, -0.2) is 0 Å². The molecule has 2 rings (SSSR count). The van der Waals surface area contributed by atoms with Crippen molar-refractivity contribution in [1.29, 1.82) is 0 Å². The number of carbonyl (C=O) groups excluding carboxylic acids is 1. The molecule has 4 heteroatoms. The van der Waals surface area contributed by atoms with E-state index in [2.05, 4.69) is 22.6 Å². The van der Waals surface area contributed by atoms with Crippen molar-refractivity contribution in [2.24, 2.45) is 0 Å². The molecule has 0 heterocycles. The van der Waals surface area contributed by atoms with Gasteiger partial charge in [0, 0.05) is 22.0 Å². The maximum Gasteiger partial charge on any atom is 0.255 e. The highest BCUT2D eigenvalue weighted by molar-refractivity contribution is 14.1. The van der Waals surface area contributed by atoms with Crippen LogP contribution >= 0.6 is 34.2 Å². The Labute approximate surface area is 127 Å². The number of benzene rings is 1. The monoisotopic (exact) mass is 377 g/mol. The highest BCUT2D eigenvalue weighted by Crippen LogP contribution is 2.25. The lowest BCUT2D eigenvalue weighted by molar-refractivity contribution is 0.0694. The average Bonchev–Trinajstić information content (AvgIpc) is 2.89. The van der Waals surface area contributed by atoms with Gasteiger partial charge in [-0.2, -0.15) is 0 Å². The Balaban J connectivity index is 2.20. The third-order valence-corrected chi connectivity index (χ3v) is 4.57. The number of amides is 1. The van der Waals surface area contributed by atoms with Crippen LogP contribution in [-0.4, -0.2) is 29.3 Å². The molecule has 0 unspecified atom stereocenters. The topological polar surface area (TPSA) is 20.3 Å². The second-order valence-electron chi connectivity index (χ2n) is 4.61. The van der Waals surface area contributed by atoms with Crippen molar-refractivity contribution in [1.82, 2.24) is 4.90 Å². The van der Waals surface area contributed by atoms with Crippen LogP contribution in [0.15, 0.2) is 24.3 Å². The first-order valence-electron chi connectivity index (χ1n) is 6.35. The molecule has 0 bridgehead atoms. The maximum absolute atomic E-state index is 12.6. The van der Waals surface area contributed by atoms with Gasteiger partial charge in [0.15, 0.2) is 0 Å². The summed E-state index contributed by atoms with van der Waals surface area (Å²) in [6.45, 7) is 0.649. The molecule has 1 aliphatic rings. The number of hydrogen-bond acceptors (Lipinski definition) is 1. The summed E-state index contributed by atoms with van der Waals surface area (Å²) in [6.07, 6.45) is 4.68. The predicted molar refractivity (Wildman–Crippen MR) is 83.2 cm³/mol. The number of rotatable bonds is 4. The summed E-state index contributed by atoms with van der Waals surface area (Å²) in [7, 11) is 0. The maximum atomic E-state index is 12.6. The Bertz CT molecular complexity index is 418. The molecule has 1 aromatic carbocycles. The van der Waals surface area contributed by atoms with Crippen LogP contribution in [0.25, 0.3) is 0 Å². The van der Waals surface area contributed by atoms with E-state index in [0.717, 1.165) is 22.0 Å². The standard InChI is InChI=1S/C14H17ClINO/c15-9-10-17(11-5-1-2-6-11)14(18)12-7-3-4-8-13(12)16/h3-4,7-8,11H,1-2,5-6,9-10H2. The summed E-state index contributed by atoms with van der Waals surface area (Å²) in [5.74, 6) is 0.638. The largest absolute Gasteiger partial charge is 0.334 e. The minimum Gasteiger partial charge on any atom is -0.334 e. The Morgan fingerprint density at radius 2 is 2.00 bits per heavy atom. The van der Waals surface area contributed by atoms with Gasteiger partial charge in [-0.3, -0.25) is 4.79 Å². The zero-order chi connectivity index (χ0) is 13.0. The van der Waals surface area contributed by atoms with E-state index in [1.54, 1.807) is 0 Å². The lowest BCUT2D eigenvalue weighted by Gasteiger charge is -2.28. The molecule has 0 spiro atoms. The van der Waals surface area contributed by atoms with Crippen molar-refractivity contribution in [2.45, 2.75) is 31.7 Å². The first kappa shape index (κ1) is 14.1. The van der Waals surface area contributed by atoms with Crippen LogP contribution in [-0.2, 0) is 0 Å². The molecule has 0 N–H and O–H groups in total. The van der Waals surface area contributed by atoms with Gasteiger partial charge < -0.3 is 4.90 Å². The molecule has 1 amide bonds. The van der Waals surface area contributed by atoms with Crippen LogP contribution in [0.5, 0.6) is 0 Å². The van der Waals surface area contributed by atoms with Gasteiger partial charge in [-0.15, -0.1) is 11.6 Å².